The van der Waals surface area contributed by atoms with E-state index in [0.29, 0.717) is 22.5 Å². The lowest BCUT2D eigenvalue weighted by atomic mass is 10.2. The number of halogens is 4. The maximum Gasteiger partial charge on any atom is 0.243 e. The van der Waals surface area contributed by atoms with E-state index in [0.717, 1.165) is 4.88 Å². The van der Waals surface area contributed by atoms with E-state index in [-0.39, 0.29) is 23.6 Å². The van der Waals surface area contributed by atoms with Gasteiger partial charge in [-0.15, -0.1) is 16.4 Å². The number of alkyl halides is 1. The van der Waals surface area contributed by atoms with Gasteiger partial charge in [-0.25, -0.2) is 8.91 Å². The van der Waals surface area contributed by atoms with Crippen molar-refractivity contribution in [3.8, 4) is 0 Å². The summed E-state index contributed by atoms with van der Waals surface area (Å²) in [5.41, 5.74) is 0.574. The third-order valence-electron chi connectivity index (χ3n) is 3.30. The van der Waals surface area contributed by atoms with Gasteiger partial charge in [0, 0.05) is 10.4 Å². The van der Waals surface area contributed by atoms with Gasteiger partial charge in [0.2, 0.25) is 5.28 Å². The van der Waals surface area contributed by atoms with Crippen LogP contribution in [-0.2, 0) is 13.0 Å². The van der Waals surface area contributed by atoms with E-state index in [1.165, 1.54) is 4.52 Å². The Bertz CT molecular complexity index is 822. The maximum atomic E-state index is 14.7. The second-order valence-corrected chi connectivity index (χ2v) is 6.92. The van der Waals surface area contributed by atoms with Crippen LogP contribution in [0.3, 0.4) is 0 Å². The standard InChI is InChI=1S/C14H12BrClF2N4S/c15-12-9(4-1-5-17)10(18)11-13(20-14(16)21-22(11)12)19-7-8-3-2-6-23-8/h2-3,6H,1,4-5,7H2,(H,19,20,21). The first-order chi connectivity index (χ1) is 11.1. The van der Waals surface area contributed by atoms with Crippen LogP contribution in [0.15, 0.2) is 22.1 Å². The highest BCUT2D eigenvalue weighted by atomic mass is 79.9. The molecule has 4 nitrogen and oxygen atoms in total. The first-order valence-electron chi connectivity index (χ1n) is 6.86. The molecular formula is C14H12BrClF2N4S. The van der Waals surface area contributed by atoms with Crippen LogP contribution in [0.1, 0.15) is 16.9 Å². The van der Waals surface area contributed by atoms with Crippen LogP contribution in [-0.4, -0.2) is 21.3 Å². The number of rotatable bonds is 6. The molecule has 122 valence electrons. The summed E-state index contributed by atoms with van der Waals surface area (Å²) in [5, 5.41) is 9.07. The highest BCUT2D eigenvalue weighted by Crippen LogP contribution is 2.31. The summed E-state index contributed by atoms with van der Waals surface area (Å²) in [5.74, 6) is -0.154. The van der Waals surface area contributed by atoms with Crippen LogP contribution < -0.4 is 5.32 Å². The average molecular weight is 422 g/mol. The molecule has 0 spiro atoms. The van der Waals surface area contributed by atoms with Gasteiger partial charge in [0.05, 0.1) is 13.2 Å². The Balaban J connectivity index is 2.02. The number of nitrogens with zero attached hydrogens (tertiary/aromatic N) is 3. The third kappa shape index (κ3) is 3.34. The summed E-state index contributed by atoms with van der Waals surface area (Å²) in [6.45, 7) is -0.00326. The molecule has 0 aliphatic rings. The lowest BCUT2D eigenvalue weighted by molar-refractivity contribution is 0.469. The van der Waals surface area contributed by atoms with Gasteiger partial charge in [-0.3, -0.25) is 4.39 Å². The van der Waals surface area contributed by atoms with Crippen molar-refractivity contribution >= 4 is 50.2 Å². The van der Waals surface area contributed by atoms with Crippen molar-refractivity contribution in [2.24, 2.45) is 0 Å². The number of hydrogen-bond donors (Lipinski definition) is 1. The van der Waals surface area contributed by atoms with Crippen LogP contribution >= 0.6 is 38.9 Å². The Morgan fingerprint density at radius 3 is 2.96 bits per heavy atom. The summed E-state index contributed by atoms with van der Waals surface area (Å²) in [4.78, 5) is 5.17. The van der Waals surface area contributed by atoms with Crippen molar-refractivity contribution in [2.75, 3.05) is 12.0 Å². The highest BCUT2D eigenvalue weighted by Gasteiger charge is 2.22. The molecule has 9 heteroatoms. The zero-order valence-electron chi connectivity index (χ0n) is 11.8. The average Bonchev–Trinajstić information content (AvgIpc) is 3.12. The molecular weight excluding hydrogens is 410 g/mol. The molecule has 0 saturated carbocycles. The summed E-state index contributed by atoms with van der Waals surface area (Å²) in [6, 6.07) is 3.91. The van der Waals surface area contributed by atoms with E-state index in [9.17, 15) is 8.78 Å². The van der Waals surface area contributed by atoms with Gasteiger partial charge in [0.25, 0.3) is 0 Å². The minimum Gasteiger partial charge on any atom is -0.363 e. The fourth-order valence-corrected chi connectivity index (χ4v) is 3.70. The first-order valence-corrected chi connectivity index (χ1v) is 8.91. The Morgan fingerprint density at radius 2 is 2.26 bits per heavy atom. The second-order valence-electron chi connectivity index (χ2n) is 4.80. The van der Waals surface area contributed by atoms with Crippen LogP contribution in [0, 0.1) is 5.82 Å². The molecule has 0 fully saturated rings. The van der Waals surface area contributed by atoms with Gasteiger partial charge >= 0.3 is 0 Å². The molecule has 23 heavy (non-hydrogen) atoms. The number of hydrogen-bond acceptors (Lipinski definition) is 4. The topological polar surface area (TPSA) is 42.2 Å². The Morgan fingerprint density at radius 1 is 1.43 bits per heavy atom. The summed E-state index contributed by atoms with van der Waals surface area (Å²) >= 11 is 10.8. The molecule has 3 aromatic heterocycles. The van der Waals surface area contributed by atoms with Gasteiger partial charge in [0.1, 0.15) is 10.1 Å². The molecule has 0 bridgehead atoms. The SMILES string of the molecule is FCCCc1c(F)c2c(NCc3cccs3)nc(Cl)nn2c1Br. The molecule has 3 rings (SSSR count). The Labute approximate surface area is 148 Å². The molecule has 0 aliphatic carbocycles. The molecule has 0 aliphatic heterocycles. The molecule has 0 unspecified atom stereocenters. The third-order valence-corrected chi connectivity index (χ3v) is 5.15. The quantitative estimate of drug-likeness (QED) is 0.618. The maximum absolute atomic E-state index is 14.7. The van der Waals surface area contributed by atoms with Crippen LogP contribution in [0.25, 0.3) is 5.52 Å². The molecule has 3 heterocycles. The smallest absolute Gasteiger partial charge is 0.243 e. The van der Waals surface area contributed by atoms with Crippen molar-refractivity contribution in [1.29, 1.82) is 0 Å². The number of thiophene rings is 1. The molecule has 0 radical (unpaired) electrons. The molecule has 0 saturated heterocycles. The molecule has 0 atom stereocenters. The summed E-state index contributed by atoms with van der Waals surface area (Å²) < 4.78 is 28.9. The van der Waals surface area contributed by atoms with Crippen molar-refractivity contribution in [1.82, 2.24) is 14.6 Å². The van der Waals surface area contributed by atoms with Crippen molar-refractivity contribution in [3.05, 3.63) is 43.7 Å². The molecule has 0 amide bonds. The van der Waals surface area contributed by atoms with Gasteiger partial charge in [-0.1, -0.05) is 6.07 Å². The van der Waals surface area contributed by atoms with E-state index < -0.39 is 12.5 Å². The lowest BCUT2D eigenvalue weighted by Gasteiger charge is -2.07. The van der Waals surface area contributed by atoms with Gasteiger partial charge in [-0.05, 0) is 51.8 Å². The van der Waals surface area contributed by atoms with E-state index in [4.69, 9.17) is 11.6 Å². The summed E-state index contributed by atoms with van der Waals surface area (Å²) in [7, 11) is 0. The minimum absolute atomic E-state index is 0.000999. The van der Waals surface area contributed by atoms with E-state index >= 15 is 0 Å². The second kappa shape index (κ2) is 7.11. The van der Waals surface area contributed by atoms with Gasteiger partial charge in [0.15, 0.2) is 11.6 Å². The predicted octanol–water partition coefficient (Wildman–Crippen LogP) is 4.86. The van der Waals surface area contributed by atoms with Crippen LogP contribution in [0.2, 0.25) is 5.28 Å². The molecule has 0 aromatic carbocycles. The predicted molar refractivity (Wildman–Crippen MR) is 91.6 cm³/mol. The molecule has 3 aromatic rings. The first kappa shape index (κ1) is 16.6. The van der Waals surface area contributed by atoms with E-state index in [1.54, 1.807) is 11.3 Å². The van der Waals surface area contributed by atoms with Crippen molar-refractivity contribution in [3.63, 3.8) is 0 Å². The van der Waals surface area contributed by atoms with Crippen molar-refractivity contribution in [2.45, 2.75) is 19.4 Å². The normalized spacial score (nSPS) is 11.3. The zero-order valence-corrected chi connectivity index (χ0v) is 15.0. The van der Waals surface area contributed by atoms with Crippen molar-refractivity contribution < 1.29 is 8.78 Å². The van der Waals surface area contributed by atoms with E-state index in [1.807, 2.05) is 17.5 Å². The lowest BCUT2D eigenvalue weighted by Crippen LogP contribution is -2.05. The Hall–Kier alpha value is -1.25. The van der Waals surface area contributed by atoms with Crippen LogP contribution in [0.5, 0.6) is 0 Å². The minimum atomic E-state index is -0.506. The highest BCUT2D eigenvalue weighted by molar-refractivity contribution is 9.10. The van der Waals surface area contributed by atoms with Crippen LogP contribution in [0.4, 0.5) is 14.6 Å². The van der Waals surface area contributed by atoms with Gasteiger partial charge < -0.3 is 5.32 Å². The molecule has 1 N–H and O–H groups in total. The largest absolute Gasteiger partial charge is 0.363 e. The number of nitrogens with one attached hydrogen (secondary N) is 1. The Kier molecular flexibility index (Phi) is 5.13. The monoisotopic (exact) mass is 420 g/mol. The number of anilines is 1. The zero-order chi connectivity index (χ0) is 16.4. The fraction of sp³-hybridized carbons (Fsp3) is 0.286. The van der Waals surface area contributed by atoms with Gasteiger partial charge in [-0.2, -0.15) is 4.98 Å². The number of fused-ring (bicyclic) bond motifs is 1. The van der Waals surface area contributed by atoms with E-state index in [2.05, 4.69) is 31.3 Å². The fourth-order valence-electron chi connectivity index (χ4n) is 2.26. The number of aromatic nitrogens is 3. The summed E-state index contributed by atoms with van der Waals surface area (Å²) in [6.07, 6.45) is 0.514.